The smallest absolute Gasteiger partial charge is 0.398 e. The van der Waals surface area contributed by atoms with E-state index in [2.05, 4.69) is 31.9 Å². The Kier molecular flexibility index (Phi) is 2.91. The largest absolute Gasteiger partial charge is 0.419 e. The molecule has 6 heteroatoms. The minimum Gasteiger partial charge on any atom is -0.398 e. The molecule has 0 atom stereocenters. The van der Waals surface area contributed by atoms with Crippen molar-refractivity contribution in [3.63, 3.8) is 0 Å². The minimum atomic E-state index is -4.44. The Morgan fingerprint density at radius 2 is 1.69 bits per heavy atom. The molecule has 72 valence electrons. The highest BCUT2D eigenvalue weighted by Crippen LogP contribution is 2.41. The summed E-state index contributed by atoms with van der Waals surface area (Å²) in [5.41, 5.74) is 4.07. The van der Waals surface area contributed by atoms with Gasteiger partial charge in [0.05, 0.1) is 5.56 Å². The third-order valence-corrected chi connectivity index (χ3v) is 3.43. The molecule has 0 amide bonds. The number of hydrogen-bond acceptors (Lipinski definition) is 1. The highest BCUT2D eigenvalue weighted by Gasteiger charge is 2.35. The highest BCUT2D eigenvalue weighted by atomic mass is 79.9. The normalized spacial score (nSPS) is 11.8. The molecule has 0 aromatic heterocycles. The first-order valence-electron chi connectivity index (χ1n) is 3.14. The van der Waals surface area contributed by atoms with Crippen LogP contribution >= 0.6 is 31.9 Å². The second kappa shape index (κ2) is 3.49. The van der Waals surface area contributed by atoms with Gasteiger partial charge in [-0.3, -0.25) is 0 Å². The van der Waals surface area contributed by atoms with Gasteiger partial charge >= 0.3 is 6.18 Å². The van der Waals surface area contributed by atoms with Crippen LogP contribution in [0.1, 0.15) is 5.56 Å². The standard InChI is InChI=1S/C7H4Br2F3N/c8-3-1-2-4(13)5(6(3)9)7(10,11)12/h1-2H,13H2. The van der Waals surface area contributed by atoms with E-state index in [-0.39, 0.29) is 10.2 Å². The quantitative estimate of drug-likeness (QED) is 0.723. The number of benzene rings is 1. The van der Waals surface area contributed by atoms with Crippen LogP contribution in [0.2, 0.25) is 0 Å². The van der Waals surface area contributed by atoms with E-state index in [0.29, 0.717) is 4.47 Å². The summed E-state index contributed by atoms with van der Waals surface area (Å²) in [5.74, 6) is 0. The Morgan fingerprint density at radius 1 is 1.15 bits per heavy atom. The molecule has 1 aromatic carbocycles. The Balaban J connectivity index is 3.43. The van der Waals surface area contributed by atoms with Crippen molar-refractivity contribution < 1.29 is 13.2 Å². The average molecular weight is 319 g/mol. The van der Waals surface area contributed by atoms with Gasteiger partial charge in [-0.1, -0.05) is 0 Å². The summed E-state index contributed by atoms with van der Waals surface area (Å²) >= 11 is 5.79. The molecule has 0 fully saturated rings. The van der Waals surface area contributed by atoms with Crippen molar-refractivity contribution in [1.82, 2.24) is 0 Å². The summed E-state index contributed by atoms with van der Waals surface area (Å²) in [6.45, 7) is 0. The first-order chi connectivity index (χ1) is 5.84. The van der Waals surface area contributed by atoms with Gasteiger partial charge in [-0.15, -0.1) is 0 Å². The van der Waals surface area contributed by atoms with E-state index in [9.17, 15) is 13.2 Å². The van der Waals surface area contributed by atoms with Crippen LogP contribution < -0.4 is 5.73 Å². The second-order valence-corrected chi connectivity index (χ2v) is 3.97. The number of hydrogen-bond donors (Lipinski definition) is 1. The number of nitrogen functional groups attached to an aromatic ring is 1. The molecule has 0 aliphatic heterocycles. The summed E-state index contributed by atoms with van der Waals surface area (Å²) in [6, 6.07) is 2.66. The van der Waals surface area contributed by atoms with Gasteiger partial charge in [-0.25, -0.2) is 0 Å². The van der Waals surface area contributed by atoms with Crippen molar-refractivity contribution in [3.05, 3.63) is 26.6 Å². The number of anilines is 1. The second-order valence-electron chi connectivity index (χ2n) is 2.32. The van der Waals surface area contributed by atoms with Crippen molar-refractivity contribution >= 4 is 37.5 Å². The van der Waals surface area contributed by atoms with Crippen molar-refractivity contribution in [1.29, 1.82) is 0 Å². The van der Waals surface area contributed by atoms with Gasteiger partial charge in [0.2, 0.25) is 0 Å². The SMILES string of the molecule is Nc1ccc(Br)c(Br)c1C(F)(F)F. The fourth-order valence-electron chi connectivity index (χ4n) is 0.854. The molecule has 1 aromatic rings. The first kappa shape index (κ1) is 10.8. The molecule has 0 aliphatic rings. The third-order valence-electron chi connectivity index (χ3n) is 1.41. The summed E-state index contributed by atoms with van der Waals surface area (Å²) in [7, 11) is 0. The highest BCUT2D eigenvalue weighted by molar-refractivity contribution is 9.13. The van der Waals surface area contributed by atoms with Crippen LogP contribution in [0, 0.1) is 0 Å². The molecule has 0 radical (unpaired) electrons. The zero-order valence-electron chi connectivity index (χ0n) is 6.12. The summed E-state index contributed by atoms with van der Waals surface area (Å²) in [4.78, 5) is 0. The first-order valence-corrected chi connectivity index (χ1v) is 4.73. The fourth-order valence-corrected chi connectivity index (χ4v) is 1.77. The van der Waals surface area contributed by atoms with Gasteiger partial charge in [-0.05, 0) is 44.0 Å². The fraction of sp³-hybridized carbons (Fsp3) is 0.143. The maximum absolute atomic E-state index is 12.4. The molecule has 1 nitrogen and oxygen atoms in total. The lowest BCUT2D eigenvalue weighted by Crippen LogP contribution is -2.10. The van der Waals surface area contributed by atoms with Crippen LogP contribution in [-0.4, -0.2) is 0 Å². The van der Waals surface area contributed by atoms with Crippen molar-refractivity contribution in [2.45, 2.75) is 6.18 Å². The molecule has 0 bridgehead atoms. The van der Waals surface area contributed by atoms with E-state index in [1.165, 1.54) is 12.1 Å². The van der Waals surface area contributed by atoms with Crippen LogP contribution in [0.25, 0.3) is 0 Å². The van der Waals surface area contributed by atoms with Crippen LogP contribution in [0.3, 0.4) is 0 Å². The van der Waals surface area contributed by atoms with Crippen molar-refractivity contribution in [2.75, 3.05) is 5.73 Å². The molecule has 0 saturated carbocycles. The van der Waals surface area contributed by atoms with E-state index in [1.54, 1.807) is 0 Å². The summed E-state index contributed by atoms with van der Waals surface area (Å²) in [5, 5.41) is 0. The molecule has 0 spiro atoms. The third kappa shape index (κ3) is 2.17. The van der Waals surface area contributed by atoms with Crippen LogP contribution in [-0.2, 0) is 6.18 Å². The zero-order valence-corrected chi connectivity index (χ0v) is 9.29. The Labute approximate surface area is 89.4 Å². The predicted octanol–water partition coefficient (Wildman–Crippen LogP) is 3.81. The van der Waals surface area contributed by atoms with Crippen LogP contribution in [0.4, 0.5) is 18.9 Å². The number of alkyl halides is 3. The van der Waals surface area contributed by atoms with Crippen LogP contribution in [0.5, 0.6) is 0 Å². The zero-order chi connectivity index (χ0) is 10.2. The van der Waals surface area contributed by atoms with Gasteiger partial charge in [0.1, 0.15) is 0 Å². The predicted molar refractivity (Wildman–Crippen MR) is 51.3 cm³/mol. The lowest BCUT2D eigenvalue weighted by molar-refractivity contribution is -0.137. The van der Waals surface area contributed by atoms with Gasteiger partial charge in [0.15, 0.2) is 0 Å². The summed E-state index contributed by atoms with van der Waals surface area (Å²) in [6.07, 6.45) is -4.44. The van der Waals surface area contributed by atoms with Gasteiger partial charge < -0.3 is 5.73 Å². The van der Waals surface area contributed by atoms with E-state index < -0.39 is 11.7 Å². The topological polar surface area (TPSA) is 26.0 Å². The van der Waals surface area contributed by atoms with Gasteiger partial charge in [0, 0.05) is 14.6 Å². The number of halogens is 5. The minimum absolute atomic E-state index is 0.0694. The maximum Gasteiger partial charge on any atom is 0.419 e. The molecular formula is C7H4Br2F3N. The Hall–Kier alpha value is -0.230. The lowest BCUT2D eigenvalue weighted by atomic mass is 10.2. The van der Waals surface area contributed by atoms with Gasteiger partial charge in [0.25, 0.3) is 0 Å². The van der Waals surface area contributed by atoms with Crippen LogP contribution in [0.15, 0.2) is 21.1 Å². The molecule has 0 unspecified atom stereocenters. The molecule has 0 aliphatic carbocycles. The number of rotatable bonds is 0. The summed E-state index contributed by atoms with van der Waals surface area (Å²) < 4.78 is 37.3. The average Bonchev–Trinajstić information content (AvgIpc) is 1.95. The monoisotopic (exact) mass is 317 g/mol. The molecule has 2 N–H and O–H groups in total. The molecule has 1 rings (SSSR count). The molecule has 0 saturated heterocycles. The van der Waals surface area contributed by atoms with E-state index in [0.717, 1.165) is 0 Å². The molecule has 0 heterocycles. The van der Waals surface area contributed by atoms with Gasteiger partial charge in [-0.2, -0.15) is 13.2 Å². The van der Waals surface area contributed by atoms with E-state index >= 15 is 0 Å². The van der Waals surface area contributed by atoms with Crippen molar-refractivity contribution in [2.24, 2.45) is 0 Å². The molecule has 13 heavy (non-hydrogen) atoms. The lowest BCUT2D eigenvalue weighted by Gasteiger charge is -2.12. The maximum atomic E-state index is 12.4. The Morgan fingerprint density at radius 3 is 2.08 bits per heavy atom. The Bertz CT molecular complexity index is 335. The van der Waals surface area contributed by atoms with E-state index in [1.807, 2.05) is 0 Å². The van der Waals surface area contributed by atoms with Crippen molar-refractivity contribution in [3.8, 4) is 0 Å². The molecular weight excluding hydrogens is 315 g/mol. The van der Waals surface area contributed by atoms with E-state index in [4.69, 9.17) is 5.73 Å². The number of nitrogens with two attached hydrogens (primary N) is 1.